The lowest BCUT2D eigenvalue weighted by molar-refractivity contribution is -0.116. The first-order chi connectivity index (χ1) is 10.1. The van der Waals surface area contributed by atoms with Gasteiger partial charge in [0.2, 0.25) is 5.91 Å². The summed E-state index contributed by atoms with van der Waals surface area (Å²) in [6.07, 6.45) is 0.954. The second-order valence-electron chi connectivity index (χ2n) is 4.42. The molecule has 1 heterocycles. The van der Waals surface area contributed by atoms with Gasteiger partial charge in [-0.05, 0) is 35.6 Å². The lowest BCUT2D eigenvalue weighted by Gasteiger charge is -2.05. The number of aryl methyl sites for hydroxylation is 1. The lowest BCUT2D eigenvalue weighted by Crippen LogP contribution is -2.16. The molecule has 0 bridgehead atoms. The Labute approximate surface area is 126 Å². The molecule has 0 aliphatic heterocycles. The van der Waals surface area contributed by atoms with Crippen molar-refractivity contribution in [1.82, 2.24) is 0 Å². The van der Waals surface area contributed by atoms with Crippen LogP contribution in [0.2, 0.25) is 0 Å². The van der Waals surface area contributed by atoms with E-state index in [1.54, 1.807) is 18.6 Å². The van der Waals surface area contributed by atoms with Crippen molar-refractivity contribution in [2.45, 2.75) is 12.8 Å². The Morgan fingerprint density at radius 1 is 1.24 bits per heavy atom. The van der Waals surface area contributed by atoms with Gasteiger partial charge in [0.1, 0.15) is 10.8 Å². The molecule has 2 aromatic rings. The van der Waals surface area contributed by atoms with E-state index in [1.165, 1.54) is 11.3 Å². The van der Waals surface area contributed by atoms with E-state index >= 15 is 0 Å². The van der Waals surface area contributed by atoms with Gasteiger partial charge in [0.05, 0.1) is 12.7 Å². The largest absolute Gasteiger partial charge is 0.497 e. The van der Waals surface area contributed by atoms with Crippen LogP contribution in [0.1, 0.15) is 22.3 Å². The summed E-state index contributed by atoms with van der Waals surface area (Å²) < 4.78 is 5.08. The Hall–Kier alpha value is -2.34. The van der Waals surface area contributed by atoms with Crippen LogP contribution < -0.4 is 15.8 Å². The number of ether oxygens (including phenoxy) is 1. The van der Waals surface area contributed by atoms with Crippen molar-refractivity contribution in [1.29, 1.82) is 0 Å². The van der Waals surface area contributed by atoms with Crippen LogP contribution in [0.3, 0.4) is 0 Å². The molecule has 0 unspecified atom stereocenters. The van der Waals surface area contributed by atoms with Crippen molar-refractivity contribution >= 4 is 28.2 Å². The zero-order valence-corrected chi connectivity index (χ0v) is 12.4. The van der Waals surface area contributed by atoms with Gasteiger partial charge >= 0.3 is 0 Å². The Morgan fingerprint density at radius 3 is 2.57 bits per heavy atom. The Kier molecular flexibility index (Phi) is 4.94. The maximum Gasteiger partial charge on any atom is 0.251 e. The SMILES string of the molecule is COc1ccc(CCC(=O)Nc2sccc2C(N)=O)cc1. The molecule has 0 fully saturated rings. The van der Waals surface area contributed by atoms with Gasteiger partial charge in [0.25, 0.3) is 5.91 Å². The van der Waals surface area contributed by atoms with Gasteiger partial charge in [-0.1, -0.05) is 12.1 Å². The molecule has 0 atom stereocenters. The van der Waals surface area contributed by atoms with E-state index in [4.69, 9.17) is 10.5 Å². The molecule has 110 valence electrons. The smallest absolute Gasteiger partial charge is 0.251 e. The van der Waals surface area contributed by atoms with E-state index < -0.39 is 5.91 Å². The fraction of sp³-hybridized carbons (Fsp3) is 0.200. The molecule has 2 rings (SSSR count). The fourth-order valence-corrected chi connectivity index (χ4v) is 2.65. The van der Waals surface area contributed by atoms with Crippen LogP contribution in [-0.4, -0.2) is 18.9 Å². The first-order valence-corrected chi connectivity index (χ1v) is 7.28. The van der Waals surface area contributed by atoms with Gasteiger partial charge in [-0.2, -0.15) is 0 Å². The maximum atomic E-state index is 11.9. The van der Waals surface area contributed by atoms with Crippen molar-refractivity contribution in [3.05, 3.63) is 46.8 Å². The number of hydrogen-bond donors (Lipinski definition) is 2. The van der Waals surface area contributed by atoms with Crippen LogP contribution >= 0.6 is 11.3 Å². The van der Waals surface area contributed by atoms with Crippen LogP contribution in [0.25, 0.3) is 0 Å². The van der Waals surface area contributed by atoms with E-state index in [2.05, 4.69) is 5.32 Å². The van der Waals surface area contributed by atoms with Crippen molar-refractivity contribution in [3.8, 4) is 5.75 Å². The number of nitrogens with one attached hydrogen (secondary N) is 1. The fourth-order valence-electron chi connectivity index (χ4n) is 1.84. The summed E-state index contributed by atoms with van der Waals surface area (Å²) >= 11 is 1.28. The molecule has 1 aromatic heterocycles. The molecule has 0 saturated carbocycles. The molecular formula is C15H16N2O3S. The maximum absolute atomic E-state index is 11.9. The van der Waals surface area contributed by atoms with E-state index in [9.17, 15) is 9.59 Å². The lowest BCUT2D eigenvalue weighted by atomic mass is 10.1. The van der Waals surface area contributed by atoms with Crippen LogP contribution in [0.5, 0.6) is 5.75 Å². The van der Waals surface area contributed by atoms with Crippen molar-refractivity contribution in [3.63, 3.8) is 0 Å². The first-order valence-electron chi connectivity index (χ1n) is 6.40. The van der Waals surface area contributed by atoms with Gasteiger partial charge in [-0.3, -0.25) is 9.59 Å². The number of benzene rings is 1. The highest BCUT2D eigenvalue weighted by Gasteiger charge is 2.12. The van der Waals surface area contributed by atoms with Gasteiger partial charge in [0, 0.05) is 6.42 Å². The standard InChI is InChI=1S/C15H16N2O3S/c1-20-11-5-2-10(3-6-11)4-7-13(18)17-15-12(14(16)19)8-9-21-15/h2-3,5-6,8-9H,4,7H2,1H3,(H2,16,19)(H,17,18). The monoisotopic (exact) mass is 304 g/mol. The molecule has 0 spiro atoms. The number of primary amides is 1. The molecule has 21 heavy (non-hydrogen) atoms. The van der Waals surface area contributed by atoms with Crippen molar-refractivity contribution in [2.24, 2.45) is 5.73 Å². The zero-order chi connectivity index (χ0) is 15.2. The average Bonchev–Trinajstić information content (AvgIpc) is 2.94. The third-order valence-electron chi connectivity index (χ3n) is 2.98. The predicted molar refractivity (Wildman–Crippen MR) is 82.8 cm³/mol. The number of rotatable bonds is 6. The molecule has 0 radical (unpaired) electrons. The summed E-state index contributed by atoms with van der Waals surface area (Å²) in [4.78, 5) is 23.1. The topological polar surface area (TPSA) is 81.4 Å². The van der Waals surface area contributed by atoms with Crippen LogP contribution in [0, 0.1) is 0 Å². The highest BCUT2D eigenvalue weighted by Crippen LogP contribution is 2.23. The summed E-state index contributed by atoms with van der Waals surface area (Å²) in [6.45, 7) is 0. The molecule has 1 aromatic carbocycles. The Bertz CT molecular complexity index is 635. The number of carbonyl (C=O) groups excluding carboxylic acids is 2. The quantitative estimate of drug-likeness (QED) is 0.860. The van der Waals surface area contributed by atoms with Crippen molar-refractivity contribution in [2.75, 3.05) is 12.4 Å². The minimum absolute atomic E-state index is 0.143. The van der Waals surface area contributed by atoms with Gasteiger partial charge in [-0.15, -0.1) is 11.3 Å². The molecule has 3 N–H and O–H groups in total. The molecule has 5 nitrogen and oxygen atoms in total. The molecular weight excluding hydrogens is 288 g/mol. The third-order valence-corrected chi connectivity index (χ3v) is 3.81. The van der Waals surface area contributed by atoms with E-state index in [-0.39, 0.29) is 5.91 Å². The normalized spacial score (nSPS) is 10.1. The predicted octanol–water partition coefficient (Wildman–Crippen LogP) is 2.43. The molecule has 0 aliphatic rings. The minimum atomic E-state index is -0.540. The number of thiophene rings is 1. The third kappa shape index (κ3) is 4.06. The van der Waals surface area contributed by atoms with E-state index in [0.29, 0.717) is 23.4 Å². The van der Waals surface area contributed by atoms with Gasteiger partial charge in [-0.25, -0.2) is 0 Å². The highest BCUT2D eigenvalue weighted by molar-refractivity contribution is 7.14. The summed E-state index contributed by atoms with van der Waals surface area (Å²) in [7, 11) is 1.61. The molecule has 0 saturated heterocycles. The van der Waals surface area contributed by atoms with E-state index in [1.807, 2.05) is 24.3 Å². The van der Waals surface area contributed by atoms with Crippen LogP contribution in [0.4, 0.5) is 5.00 Å². The zero-order valence-electron chi connectivity index (χ0n) is 11.6. The number of amides is 2. The summed E-state index contributed by atoms with van der Waals surface area (Å²) in [5.41, 5.74) is 6.63. The highest BCUT2D eigenvalue weighted by atomic mass is 32.1. The van der Waals surface area contributed by atoms with Crippen molar-refractivity contribution < 1.29 is 14.3 Å². The summed E-state index contributed by atoms with van der Waals surface area (Å²) in [5, 5.41) is 4.94. The van der Waals surface area contributed by atoms with Crippen LogP contribution in [-0.2, 0) is 11.2 Å². The summed E-state index contributed by atoms with van der Waals surface area (Å²) in [5.74, 6) is 0.102. The second kappa shape index (κ2) is 6.90. The summed E-state index contributed by atoms with van der Waals surface area (Å²) in [6, 6.07) is 9.17. The number of methoxy groups -OCH3 is 1. The molecule has 0 aliphatic carbocycles. The number of carbonyl (C=O) groups is 2. The first kappa shape index (κ1) is 15.1. The van der Waals surface area contributed by atoms with E-state index in [0.717, 1.165) is 11.3 Å². The minimum Gasteiger partial charge on any atom is -0.497 e. The number of hydrogen-bond acceptors (Lipinski definition) is 4. The van der Waals surface area contributed by atoms with Gasteiger partial charge < -0.3 is 15.8 Å². The average molecular weight is 304 g/mol. The number of nitrogens with two attached hydrogens (primary N) is 1. The molecule has 2 amide bonds. The van der Waals surface area contributed by atoms with Gasteiger partial charge in [0.15, 0.2) is 0 Å². The second-order valence-corrected chi connectivity index (χ2v) is 5.34. The van der Waals surface area contributed by atoms with Crippen LogP contribution in [0.15, 0.2) is 35.7 Å². The molecule has 6 heteroatoms. The number of anilines is 1. The Morgan fingerprint density at radius 2 is 1.95 bits per heavy atom. The Balaban J connectivity index is 1.89.